The van der Waals surface area contributed by atoms with Gasteiger partial charge in [0, 0.05) is 0 Å². The molecule has 1 rings (SSSR count). The van der Waals surface area contributed by atoms with Crippen LogP contribution in [0.4, 0.5) is 18.0 Å². The molecule has 0 aliphatic carbocycles. The Morgan fingerprint density at radius 2 is 1.65 bits per heavy atom. The molecule has 5 nitrogen and oxygen atoms in total. The molecule has 8 heteroatoms. The van der Waals surface area contributed by atoms with Crippen molar-refractivity contribution in [1.29, 1.82) is 0 Å². The number of ether oxygens (including phenoxy) is 1. The molecule has 0 fully saturated rings. The predicted molar refractivity (Wildman–Crippen MR) is 75.8 cm³/mol. The van der Waals surface area contributed by atoms with Crippen LogP contribution in [0.2, 0.25) is 0 Å². The summed E-state index contributed by atoms with van der Waals surface area (Å²) in [5, 5.41) is 10.6. The first-order valence-electron chi connectivity index (χ1n) is 6.72. The number of hydrogen-bond donors (Lipinski definition) is 2. The van der Waals surface area contributed by atoms with E-state index in [1.54, 1.807) is 5.32 Å². The Morgan fingerprint density at radius 3 is 2.04 bits per heavy atom. The lowest BCUT2D eigenvalue weighted by Crippen LogP contribution is -2.58. The average molecular weight is 333 g/mol. The molecule has 128 valence electrons. The predicted octanol–water partition coefficient (Wildman–Crippen LogP) is 3.44. The van der Waals surface area contributed by atoms with E-state index in [4.69, 9.17) is 9.84 Å². The van der Waals surface area contributed by atoms with Crippen LogP contribution in [0, 0.1) is 0 Å². The summed E-state index contributed by atoms with van der Waals surface area (Å²) in [6, 6.07) is 6.35. The zero-order valence-electron chi connectivity index (χ0n) is 12.9. The van der Waals surface area contributed by atoms with Crippen LogP contribution >= 0.6 is 0 Å². The normalized spacial score (nSPS) is 14.7. The van der Waals surface area contributed by atoms with Gasteiger partial charge in [-0.3, -0.25) is 4.79 Å². The fourth-order valence-electron chi connectivity index (χ4n) is 1.98. The van der Waals surface area contributed by atoms with Gasteiger partial charge in [0.1, 0.15) is 5.60 Å². The number of carbonyl (C=O) groups is 2. The van der Waals surface area contributed by atoms with Gasteiger partial charge >= 0.3 is 18.2 Å². The highest BCUT2D eigenvalue weighted by atomic mass is 19.4. The standard InChI is InChI=1S/C15H18F3NO4/c1-13(2,3)23-12(22)19-14(9-11(20)21,15(16,17)18)10-7-5-4-6-8-10/h4-8H,9H2,1-3H3,(H,19,22)(H,20,21). The van der Waals surface area contributed by atoms with Gasteiger partial charge in [0.2, 0.25) is 0 Å². The summed E-state index contributed by atoms with van der Waals surface area (Å²) in [5.74, 6) is -1.71. The number of amides is 1. The van der Waals surface area contributed by atoms with Crippen molar-refractivity contribution in [2.45, 2.75) is 44.5 Å². The second-order valence-electron chi connectivity index (χ2n) is 5.97. The first-order valence-corrected chi connectivity index (χ1v) is 6.72. The molecule has 23 heavy (non-hydrogen) atoms. The highest BCUT2D eigenvalue weighted by molar-refractivity contribution is 5.74. The number of alkyl halides is 3. The van der Waals surface area contributed by atoms with E-state index in [2.05, 4.69) is 0 Å². The van der Waals surface area contributed by atoms with Gasteiger partial charge in [-0.2, -0.15) is 13.2 Å². The van der Waals surface area contributed by atoms with Crippen LogP contribution in [-0.4, -0.2) is 28.9 Å². The summed E-state index contributed by atoms with van der Waals surface area (Å²) in [6.07, 6.45) is -7.75. The van der Waals surface area contributed by atoms with Gasteiger partial charge in [-0.25, -0.2) is 4.79 Å². The zero-order valence-corrected chi connectivity index (χ0v) is 12.9. The molecule has 0 spiro atoms. The Balaban J connectivity index is 3.34. The second-order valence-corrected chi connectivity index (χ2v) is 5.97. The Kier molecular flexibility index (Phi) is 5.29. The number of carboxylic acid groups (broad SMARTS) is 1. The number of alkyl carbamates (subject to hydrolysis) is 1. The van der Waals surface area contributed by atoms with Crippen molar-refractivity contribution < 1.29 is 32.6 Å². The first kappa shape index (κ1) is 18.8. The number of rotatable bonds is 4. The zero-order chi connectivity index (χ0) is 17.9. The molecule has 1 aromatic carbocycles. The lowest BCUT2D eigenvalue weighted by molar-refractivity contribution is -0.205. The van der Waals surface area contributed by atoms with E-state index in [1.165, 1.54) is 39.0 Å². The summed E-state index contributed by atoms with van der Waals surface area (Å²) in [7, 11) is 0. The van der Waals surface area contributed by atoms with E-state index in [-0.39, 0.29) is 5.56 Å². The molecule has 0 saturated carbocycles. The Labute approximate surface area is 131 Å². The van der Waals surface area contributed by atoms with Crippen LogP contribution in [-0.2, 0) is 15.1 Å². The minimum Gasteiger partial charge on any atom is -0.481 e. The minimum absolute atomic E-state index is 0.388. The number of hydrogen-bond acceptors (Lipinski definition) is 3. The van der Waals surface area contributed by atoms with Crippen molar-refractivity contribution in [3.63, 3.8) is 0 Å². The molecule has 0 saturated heterocycles. The van der Waals surface area contributed by atoms with Crippen LogP contribution < -0.4 is 5.32 Å². The van der Waals surface area contributed by atoms with E-state index in [0.29, 0.717) is 0 Å². The number of aliphatic carboxylic acids is 1. The fourth-order valence-corrected chi connectivity index (χ4v) is 1.98. The SMILES string of the molecule is CC(C)(C)OC(=O)NC(CC(=O)O)(c1ccccc1)C(F)(F)F. The largest absolute Gasteiger partial charge is 0.481 e. The highest BCUT2D eigenvalue weighted by Crippen LogP contribution is 2.42. The number of benzene rings is 1. The number of carbonyl (C=O) groups excluding carboxylic acids is 1. The molecule has 0 heterocycles. The Hall–Kier alpha value is -2.25. The Morgan fingerprint density at radius 1 is 1.13 bits per heavy atom. The van der Waals surface area contributed by atoms with E-state index in [0.717, 1.165) is 12.1 Å². The monoisotopic (exact) mass is 333 g/mol. The summed E-state index contributed by atoms with van der Waals surface area (Å²) >= 11 is 0. The number of nitrogens with one attached hydrogen (secondary N) is 1. The van der Waals surface area contributed by atoms with Crippen molar-refractivity contribution >= 4 is 12.1 Å². The molecule has 0 aliphatic heterocycles. The highest BCUT2D eigenvalue weighted by Gasteiger charge is 2.58. The number of halogens is 3. The quantitative estimate of drug-likeness (QED) is 0.885. The van der Waals surface area contributed by atoms with Crippen molar-refractivity contribution in [3.8, 4) is 0 Å². The Bertz CT molecular complexity index is 566. The molecule has 0 aliphatic rings. The molecule has 2 N–H and O–H groups in total. The molecule has 0 bridgehead atoms. The fraction of sp³-hybridized carbons (Fsp3) is 0.467. The van der Waals surface area contributed by atoms with Gasteiger partial charge in [-0.1, -0.05) is 30.3 Å². The molecular weight excluding hydrogens is 315 g/mol. The lowest BCUT2D eigenvalue weighted by Gasteiger charge is -2.36. The van der Waals surface area contributed by atoms with Crippen LogP contribution in [0.5, 0.6) is 0 Å². The smallest absolute Gasteiger partial charge is 0.416 e. The van der Waals surface area contributed by atoms with Crippen molar-refractivity contribution in [2.24, 2.45) is 0 Å². The van der Waals surface area contributed by atoms with E-state index >= 15 is 0 Å². The van der Waals surface area contributed by atoms with E-state index in [9.17, 15) is 22.8 Å². The summed E-state index contributed by atoms with van der Waals surface area (Å²) in [4.78, 5) is 22.9. The second kappa shape index (κ2) is 6.47. The van der Waals surface area contributed by atoms with Crippen LogP contribution in [0.15, 0.2) is 30.3 Å². The average Bonchev–Trinajstić information content (AvgIpc) is 2.34. The summed E-state index contributed by atoms with van der Waals surface area (Å²) in [5.41, 5.74) is -4.50. The van der Waals surface area contributed by atoms with Gasteiger partial charge in [0.05, 0.1) is 6.42 Å². The molecule has 1 aromatic rings. The van der Waals surface area contributed by atoms with Gasteiger partial charge in [0.25, 0.3) is 0 Å². The third kappa shape index (κ3) is 4.87. The maximum Gasteiger partial charge on any atom is 0.416 e. The van der Waals surface area contributed by atoms with E-state index in [1.807, 2.05) is 0 Å². The molecule has 1 amide bonds. The van der Waals surface area contributed by atoms with Gasteiger partial charge in [-0.05, 0) is 26.3 Å². The third-order valence-corrected chi connectivity index (χ3v) is 2.88. The van der Waals surface area contributed by atoms with Crippen LogP contribution in [0.3, 0.4) is 0 Å². The minimum atomic E-state index is -5.04. The molecule has 0 radical (unpaired) electrons. The van der Waals surface area contributed by atoms with Gasteiger partial charge in [-0.15, -0.1) is 0 Å². The number of carboxylic acids is 1. The maximum atomic E-state index is 13.7. The van der Waals surface area contributed by atoms with Crippen LogP contribution in [0.25, 0.3) is 0 Å². The first-order chi connectivity index (χ1) is 10.4. The van der Waals surface area contributed by atoms with Crippen molar-refractivity contribution in [2.75, 3.05) is 0 Å². The molecular formula is C15H18F3NO4. The molecule has 1 unspecified atom stereocenters. The maximum absolute atomic E-state index is 13.7. The molecule has 0 aromatic heterocycles. The van der Waals surface area contributed by atoms with Gasteiger partial charge < -0.3 is 15.2 Å². The van der Waals surface area contributed by atoms with Crippen molar-refractivity contribution in [1.82, 2.24) is 5.32 Å². The third-order valence-electron chi connectivity index (χ3n) is 2.88. The van der Waals surface area contributed by atoms with Gasteiger partial charge in [0.15, 0.2) is 5.54 Å². The van der Waals surface area contributed by atoms with Crippen molar-refractivity contribution in [3.05, 3.63) is 35.9 Å². The summed E-state index contributed by atoms with van der Waals surface area (Å²) < 4.78 is 45.9. The lowest BCUT2D eigenvalue weighted by atomic mass is 9.86. The van der Waals surface area contributed by atoms with E-state index < -0.39 is 35.8 Å². The van der Waals surface area contributed by atoms with Crippen LogP contribution in [0.1, 0.15) is 32.8 Å². The topological polar surface area (TPSA) is 75.6 Å². The molecule has 1 atom stereocenters. The summed E-state index contributed by atoms with van der Waals surface area (Å²) in [6.45, 7) is 4.46.